The molecule has 0 fully saturated rings. The van der Waals surface area contributed by atoms with Crippen LogP contribution in [0.4, 0.5) is 0 Å². The minimum Gasteiger partial charge on any atom is -0.491 e. The van der Waals surface area contributed by atoms with E-state index in [1.54, 1.807) is 6.33 Å². The first-order chi connectivity index (χ1) is 10.8. The van der Waals surface area contributed by atoms with Crippen LogP contribution in [0, 0.1) is 0 Å². The molecule has 0 atom stereocenters. The molecule has 0 amide bonds. The molecule has 3 aromatic rings. The molecule has 4 heteroatoms. The highest BCUT2D eigenvalue weighted by Crippen LogP contribution is 2.30. The lowest BCUT2D eigenvalue weighted by Gasteiger charge is -2.16. The van der Waals surface area contributed by atoms with Gasteiger partial charge >= 0.3 is 0 Å². The van der Waals surface area contributed by atoms with Gasteiger partial charge in [-0.2, -0.15) is 0 Å². The van der Waals surface area contributed by atoms with Crippen molar-refractivity contribution in [3.8, 4) is 16.9 Å². The summed E-state index contributed by atoms with van der Waals surface area (Å²) in [7, 11) is 0. The van der Waals surface area contributed by atoms with E-state index in [-0.39, 0.29) is 1.43 Å². The van der Waals surface area contributed by atoms with Gasteiger partial charge in [-0.15, -0.1) is 0 Å². The number of nitrogens with zero attached hydrogens (tertiary/aromatic N) is 2. The van der Waals surface area contributed by atoms with Gasteiger partial charge < -0.3 is 14.6 Å². The molecular weight excluding hydrogens is 274 g/mol. The van der Waals surface area contributed by atoms with E-state index >= 15 is 0 Å². The van der Waals surface area contributed by atoms with Crippen LogP contribution in [0.5, 0.6) is 5.75 Å². The minimum absolute atomic E-state index is 0. The van der Waals surface area contributed by atoms with Gasteiger partial charge in [0.15, 0.2) is 0 Å². The third-order valence-electron chi connectivity index (χ3n) is 4.08. The summed E-state index contributed by atoms with van der Waals surface area (Å²) in [5.74, 6) is 0.968. The van der Waals surface area contributed by atoms with E-state index in [0.29, 0.717) is 6.61 Å². The summed E-state index contributed by atoms with van der Waals surface area (Å²) in [6.45, 7) is 6.26. The Hall–Kier alpha value is -2.75. The maximum absolute atomic E-state index is 5.82. The summed E-state index contributed by atoms with van der Waals surface area (Å²) in [6.07, 6.45) is 3.60. The highest BCUT2D eigenvalue weighted by Gasteiger charge is 2.14. The van der Waals surface area contributed by atoms with Crippen molar-refractivity contribution in [2.45, 2.75) is 6.54 Å². The van der Waals surface area contributed by atoms with Gasteiger partial charge in [0.05, 0.1) is 23.9 Å². The van der Waals surface area contributed by atoms with E-state index in [2.05, 4.69) is 51.8 Å². The summed E-state index contributed by atoms with van der Waals surface area (Å²) in [5.41, 5.74) is 5.59. The van der Waals surface area contributed by atoms with Gasteiger partial charge in [0.2, 0.25) is 0 Å². The van der Waals surface area contributed by atoms with Crippen LogP contribution in [0.15, 0.2) is 55.5 Å². The van der Waals surface area contributed by atoms with E-state index in [0.717, 1.165) is 29.9 Å². The van der Waals surface area contributed by atoms with Crippen LogP contribution in [0.1, 0.15) is 6.99 Å². The largest absolute Gasteiger partial charge is 0.491 e. The van der Waals surface area contributed by atoms with Crippen LogP contribution in [-0.2, 0) is 6.54 Å². The number of aromatic amines is 1. The molecule has 0 radical (unpaired) electrons. The fraction of sp³-hybridized carbons (Fsp3) is 0.167. The Morgan fingerprint density at radius 1 is 1.23 bits per heavy atom. The SMILES string of the molecule is C=CN1CCOc2ccc(-c3ccc4nc[nH]c4c3)cc2C1.[HH]. The first kappa shape index (κ1) is 13.0. The van der Waals surface area contributed by atoms with Gasteiger partial charge in [-0.25, -0.2) is 4.98 Å². The number of aromatic nitrogens is 2. The summed E-state index contributed by atoms with van der Waals surface area (Å²) in [4.78, 5) is 9.60. The van der Waals surface area contributed by atoms with Crippen molar-refractivity contribution < 1.29 is 6.16 Å². The van der Waals surface area contributed by atoms with Crippen molar-refractivity contribution in [3.05, 3.63) is 61.1 Å². The lowest BCUT2D eigenvalue weighted by atomic mass is 10.0. The molecule has 0 unspecified atom stereocenters. The highest BCUT2D eigenvalue weighted by molar-refractivity contribution is 5.81. The molecule has 4 rings (SSSR count). The third kappa shape index (κ3) is 2.22. The Kier molecular flexibility index (Phi) is 3.07. The minimum atomic E-state index is 0. The van der Waals surface area contributed by atoms with Gasteiger partial charge in [-0.05, 0) is 41.6 Å². The van der Waals surface area contributed by atoms with Crippen LogP contribution < -0.4 is 4.74 Å². The van der Waals surface area contributed by atoms with Crippen LogP contribution in [0.2, 0.25) is 0 Å². The van der Waals surface area contributed by atoms with Crippen LogP contribution in [0.25, 0.3) is 22.2 Å². The van der Waals surface area contributed by atoms with Crippen molar-refractivity contribution in [3.63, 3.8) is 0 Å². The summed E-state index contributed by atoms with van der Waals surface area (Å²) in [6, 6.07) is 12.7. The molecule has 1 aliphatic rings. The molecule has 1 aliphatic heterocycles. The monoisotopic (exact) mass is 293 g/mol. The topological polar surface area (TPSA) is 41.1 Å². The molecule has 2 aromatic carbocycles. The standard InChI is InChI=1S/C18H17N3O.H2/c1-2-21-7-8-22-18-6-4-13(9-15(18)11-21)14-3-5-16-17(10-14)20-12-19-16;/h2-6,9-10,12H,1,7-8,11H2,(H,19,20);1H. The van der Waals surface area contributed by atoms with E-state index in [1.807, 2.05) is 12.3 Å². The number of imidazole rings is 1. The van der Waals surface area contributed by atoms with Gasteiger partial charge in [0, 0.05) is 13.5 Å². The van der Waals surface area contributed by atoms with Crippen molar-refractivity contribution in [1.29, 1.82) is 0 Å². The second-order valence-electron chi connectivity index (χ2n) is 5.46. The first-order valence-electron chi connectivity index (χ1n) is 7.39. The average molecular weight is 293 g/mol. The Bertz CT molecular complexity index is 843. The smallest absolute Gasteiger partial charge is 0.124 e. The molecule has 2 heterocycles. The summed E-state index contributed by atoms with van der Waals surface area (Å²) < 4.78 is 5.82. The molecule has 112 valence electrons. The molecule has 22 heavy (non-hydrogen) atoms. The van der Waals surface area contributed by atoms with E-state index in [9.17, 15) is 0 Å². The maximum atomic E-state index is 5.82. The van der Waals surface area contributed by atoms with Gasteiger partial charge in [0.1, 0.15) is 12.4 Å². The Morgan fingerprint density at radius 3 is 3.00 bits per heavy atom. The molecule has 0 spiro atoms. The van der Waals surface area contributed by atoms with Crippen molar-refractivity contribution >= 4 is 11.0 Å². The van der Waals surface area contributed by atoms with Crippen LogP contribution in [0.3, 0.4) is 0 Å². The Morgan fingerprint density at radius 2 is 2.09 bits per heavy atom. The summed E-state index contributed by atoms with van der Waals surface area (Å²) >= 11 is 0. The normalized spacial score (nSPS) is 14.3. The lowest BCUT2D eigenvalue weighted by Crippen LogP contribution is -2.19. The number of nitrogens with one attached hydrogen (secondary N) is 1. The Balaban J connectivity index is 0.00000156. The number of fused-ring (bicyclic) bond motifs is 2. The van der Waals surface area contributed by atoms with Crippen molar-refractivity contribution in [1.82, 2.24) is 14.9 Å². The zero-order valence-corrected chi connectivity index (χ0v) is 12.2. The van der Waals surface area contributed by atoms with Gasteiger partial charge in [0.25, 0.3) is 0 Å². The predicted molar refractivity (Wildman–Crippen MR) is 89.7 cm³/mol. The fourth-order valence-electron chi connectivity index (χ4n) is 2.87. The van der Waals surface area contributed by atoms with E-state index < -0.39 is 0 Å². The van der Waals surface area contributed by atoms with Crippen LogP contribution in [-0.4, -0.2) is 28.0 Å². The fourth-order valence-corrected chi connectivity index (χ4v) is 2.87. The maximum Gasteiger partial charge on any atom is 0.124 e. The molecule has 0 bridgehead atoms. The highest BCUT2D eigenvalue weighted by atomic mass is 16.5. The Labute approximate surface area is 130 Å². The number of hydrogen-bond acceptors (Lipinski definition) is 3. The second-order valence-corrected chi connectivity index (χ2v) is 5.46. The number of hydrogen-bond donors (Lipinski definition) is 1. The molecule has 4 nitrogen and oxygen atoms in total. The lowest BCUT2D eigenvalue weighted by molar-refractivity contribution is 0.276. The molecule has 0 aliphatic carbocycles. The molecule has 1 N–H and O–H groups in total. The molecule has 1 aromatic heterocycles. The van der Waals surface area contributed by atoms with Gasteiger partial charge in [-0.3, -0.25) is 0 Å². The zero-order valence-electron chi connectivity index (χ0n) is 12.2. The van der Waals surface area contributed by atoms with E-state index in [1.165, 1.54) is 16.7 Å². The predicted octanol–water partition coefficient (Wildman–Crippen LogP) is 3.81. The number of benzene rings is 2. The van der Waals surface area contributed by atoms with Crippen molar-refractivity contribution in [2.24, 2.45) is 0 Å². The summed E-state index contributed by atoms with van der Waals surface area (Å²) in [5, 5.41) is 0. The second kappa shape index (κ2) is 5.22. The third-order valence-corrected chi connectivity index (χ3v) is 4.08. The molecule has 0 saturated carbocycles. The molecule has 0 saturated heterocycles. The quantitative estimate of drug-likeness (QED) is 0.781. The first-order valence-corrected chi connectivity index (χ1v) is 7.39. The van der Waals surface area contributed by atoms with Gasteiger partial charge in [-0.1, -0.05) is 18.7 Å². The zero-order chi connectivity index (χ0) is 14.9. The van der Waals surface area contributed by atoms with E-state index in [4.69, 9.17) is 4.74 Å². The number of H-pyrrole nitrogens is 1. The average Bonchev–Trinajstić information content (AvgIpc) is 2.92. The molecular formula is C18H19N3O. The number of rotatable bonds is 2. The van der Waals surface area contributed by atoms with Crippen molar-refractivity contribution in [2.75, 3.05) is 13.2 Å². The number of ether oxygens (including phenoxy) is 1. The van der Waals surface area contributed by atoms with Crippen LogP contribution >= 0.6 is 0 Å².